The minimum Gasteiger partial charge on any atom is -0.0962 e. The lowest BCUT2D eigenvalue weighted by Gasteiger charge is -2.53. The molecule has 0 aromatic heterocycles. The molecule has 0 amide bonds. The van der Waals surface area contributed by atoms with Crippen LogP contribution in [0.5, 0.6) is 0 Å². The van der Waals surface area contributed by atoms with Gasteiger partial charge in [-0.15, -0.1) is 0 Å². The van der Waals surface area contributed by atoms with Crippen molar-refractivity contribution in [3.05, 3.63) is 70.8 Å². The van der Waals surface area contributed by atoms with Crippen molar-refractivity contribution in [3.8, 4) is 0 Å². The second-order valence-electron chi connectivity index (χ2n) is 10.1. The van der Waals surface area contributed by atoms with Gasteiger partial charge in [-0.1, -0.05) is 95.0 Å². The molecule has 5 aliphatic carbocycles. The molecule has 0 spiro atoms. The quantitative estimate of drug-likeness (QED) is 0.454. The second kappa shape index (κ2) is 7.85. The van der Waals surface area contributed by atoms with Gasteiger partial charge in [0.1, 0.15) is 0 Å². The van der Waals surface area contributed by atoms with E-state index in [1.54, 1.807) is 47.9 Å². The normalized spacial score (nSPS) is 29.6. The van der Waals surface area contributed by atoms with Crippen molar-refractivity contribution in [2.24, 2.45) is 0 Å². The van der Waals surface area contributed by atoms with Crippen molar-refractivity contribution in [1.82, 2.24) is 0 Å². The van der Waals surface area contributed by atoms with Gasteiger partial charge in [0.25, 0.3) is 0 Å². The smallest absolute Gasteiger partial charge is 0.0163 e. The van der Waals surface area contributed by atoms with Crippen LogP contribution >= 0.6 is 7.92 Å². The van der Waals surface area contributed by atoms with Gasteiger partial charge in [0.15, 0.2) is 0 Å². The highest BCUT2D eigenvalue weighted by molar-refractivity contribution is 7.60. The molecule has 0 nitrogen and oxygen atoms in total. The molecule has 0 radical (unpaired) electrons. The SMILES string of the molecule is c1ccc2c(c1)C1CC(P(C3CCCCC3)C3CCCCC3)C2c2ccccc21. The summed E-state index contributed by atoms with van der Waals surface area (Å²) < 4.78 is 0. The maximum Gasteiger partial charge on any atom is 0.0163 e. The third-order valence-corrected chi connectivity index (χ3v) is 12.6. The van der Waals surface area contributed by atoms with Crippen molar-refractivity contribution in [2.75, 3.05) is 0 Å². The molecule has 2 aromatic rings. The minimum atomic E-state index is 0.121. The van der Waals surface area contributed by atoms with Crippen molar-refractivity contribution < 1.29 is 0 Å². The molecule has 0 aliphatic heterocycles. The van der Waals surface area contributed by atoms with Gasteiger partial charge in [-0.3, -0.25) is 0 Å². The van der Waals surface area contributed by atoms with Crippen LogP contribution in [0.4, 0.5) is 0 Å². The van der Waals surface area contributed by atoms with Gasteiger partial charge in [0.05, 0.1) is 0 Å². The van der Waals surface area contributed by atoms with Crippen molar-refractivity contribution >= 4 is 7.92 Å². The first-order chi connectivity index (χ1) is 14.4. The number of fused-ring (bicyclic) bond motifs is 1. The Morgan fingerprint density at radius 2 is 1.00 bits per heavy atom. The number of rotatable bonds is 3. The zero-order valence-electron chi connectivity index (χ0n) is 17.7. The van der Waals surface area contributed by atoms with Gasteiger partial charge in [0, 0.05) is 11.8 Å². The first-order valence-electron chi connectivity index (χ1n) is 12.4. The number of hydrogen-bond donors (Lipinski definition) is 0. The summed E-state index contributed by atoms with van der Waals surface area (Å²) in [6.07, 6.45) is 16.6. The summed E-state index contributed by atoms with van der Waals surface area (Å²) in [6.45, 7) is 0. The third kappa shape index (κ3) is 3.13. The maximum absolute atomic E-state index is 2.49. The monoisotopic (exact) mass is 402 g/mol. The van der Waals surface area contributed by atoms with Crippen LogP contribution in [0.15, 0.2) is 48.5 Å². The van der Waals surface area contributed by atoms with Crippen molar-refractivity contribution in [1.29, 1.82) is 0 Å². The van der Waals surface area contributed by atoms with Gasteiger partial charge in [-0.05, 0) is 71.3 Å². The van der Waals surface area contributed by atoms with E-state index in [2.05, 4.69) is 48.5 Å². The van der Waals surface area contributed by atoms with E-state index in [9.17, 15) is 0 Å². The van der Waals surface area contributed by atoms with Crippen LogP contribution in [0.2, 0.25) is 0 Å². The molecule has 2 fully saturated rings. The average Bonchev–Trinajstić information content (AvgIpc) is 2.81. The van der Waals surface area contributed by atoms with Gasteiger partial charge in [-0.2, -0.15) is 0 Å². The van der Waals surface area contributed by atoms with Crippen LogP contribution in [0.3, 0.4) is 0 Å². The standard InChI is InChI=1S/C28H35P/c1-3-11-20(12-4-1)29(21-13-5-2-6-14-21)27-19-26-22-15-7-9-17-24(22)28(27)25-18-10-8-16-23(25)26/h7-10,15-18,20-21,26-28H,1-6,11-14,19H2. The maximum atomic E-state index is 2.49. The Bertz CT molecular complexity index is 793. The summed E-state index contributed by atoms with van der Waals surface area (Å²) in [5.74, 6) is 1.34. The molecule has 1 unspecified atom stereocenters. The first-order valence-corrected chi connectivity index (χ1v) is 13.9. The largest absolute Gasteiger partial charge is 0.0962 e. The number of benzene rings is 2. The minimum absolute atomic E-state index is 0.121. The van der Waals surface area contributed by atoms with Gasteiger partial charge < -0.3 is 0 Å². The molecule has 0 heterocycles. The molecule has 2 bridgehead atoms. The molecular formula is C28H35P. The van der Waals surface area contributed by atoms with E-state index in [0.717, 1.165) is 17.0 Å². The lowest BCUT2D eigenvalue weighted by molar-refractivity contribution is 0.462. The van der Waals surface area contributed by atoms with Crippen LogP contribution in [-0.2, 0) is 0 Å². The Labute approximate surface area is 178 Å². The summed E-state index contributed by atoms with van der Waals surface area (Å²) >= 11 is 0. The molecule has 29 heavy (non-hydrogen) atoms. The van der Waals surface area contributed by atoms with Crippen LogP contribution in [0, 0.1) is 0 Å². The topological polar surface area (TPSA) is 0 Å². The van der Waals surface area contributed by atoms with E-state index in [-0.39, 0.29) is 7.92 Å². The van der Waals surface area contributed by atoms with Crippen LogP contribution in [-0.4, -0.2) is 17.0 Å². The lowest BCUT2D eigenvalue weighted by Crippen LogP contribution is -2.39. The Balaban J connectivity index is 1.45. The van der Waals surface area contributed by atoms with E-state index < -0.39 is 0 Å². The van der Waals surface area contributed by atoms with Crippen LogP contribution < -0.4 is 0 Å². The summed E-state index contributed by atoms with van der Waals surface area (Å²) in [5, 5.41) is 0. The molecule has 0 saturated heterocycles. The molecule has 152 valence electrons. The van der Waals surface area contributed by atoms with Gasteiger partial charge in [-0.25, -0.2) is 0 Å². The zero-order chi connectivity index (χ0) is 19.2. The van der Waals surface area contributed by atoms with Crippen molar-refractivity contribution in [2.45, 2.75) is 99.4 Å². The zero-order valence-corrected chi connectivity index (χ0v) is 18.6. The molecule has 2 saturated carbocycles. The highest BCUT2D eigenvalue weighted by Gasteiger charge is 2.49. The molecule has 7 rings (SSSR count). The summed E-state index contributed by atoms with van der Waals surface area (Å²) in [4.78, 5) is 0. The highest BCUT2D eigenvalue weighted by atomic mass is 31.1. The number of hydrogen-bond acceptors (Lipinski definition) is 0. The Morgan fingerprint density at radius 3 is 1.48 bits per heavy atom. The Hall–Kier alpha value is -1.13. The fourth-order valence-electron chi connectivity index (χ4n) is 7.50. The van der Waals surface area contributed by atoms with Gasteiger partial charge in [0.2, 0.25) is 0 Å². The Kier molecular flexibility index (Phi) is 5.04. The fraction of sp³-hybridized carbons (Fsp3) is 0.571. The fourth-order valence-corrected chi connectivity index (χ4v) is 12.2. The van der Waals surface area contributed by atoms with Crippen LogP contribution in [0.1, 0.15) is 105 Å². The predicted molar refractivity (Wildman–Crippen MR) is 126 cm³/mol. The van der Waals surface area contributed by atoms with E-state index >= 15 is 0 Å². The summed E-state index contributed by atoms with van der Waals surface area (Å²) in [6, 6.07) is 19.1. The predicted octanol–water partition coefficient (Wildman–Crippen LogP) is 8.18. The van der Waals surface area contributed by atoms with E-state index in [4.69, 9.17) is 0 Å². The van der Waals surface area contributed by atoms with E-state index in [1.165, 1.54) is 44.9 Å². The molecule has 0 N–H and O–H groups in total. The first kappa shape index (κ1) is 18.6. The molecule has 5 aliphatic rings. The average molecular weight is 403 g/mol. The lowest BCUT2D eigenvalue weighted by atomic mass is 9.63. The Morgan fingerprint density at radius 1 is 0.552 bits per heavy atom. The molecule has 2 aromatic carbocycles. The van der Waals surface area contributed by atoms with Crippen LogP contribution in [0.25, 0.3) is 0 Å². The molecule has 1 heteroatoms. The third-order valence-electron chi connectivity index (χ3n) is 8.65. The van der Waals surface area contributed by atoms with E-state index in [0.29, 0.717) is 11.8 Å². The highest BCUT2D eigenvalue weighted by Crippen LogP contribution is 2.68. The van der Waals surface area contributed by atoms with Gasteiger partial charge >= 0.3 is 0 Å². The summed E-state index contributed by atoms with van der Waals surface area (Å²) in [7, 11) is 0.121. The van der Waals surface area contributed by atoms with Crippen molar-refractivity contribution in [3.63, 3.8) is 0 Å². The second-order valence-corrected chi connectivity index (χ2v) is 13.1. The molecular weight excluding hydrogens is 367 g/mol. The summed E-state index contributed by atoms with van der Waals surface area (Å²) in [5.41, 5.74) is 9.78. The van der Waals surface area contributed by atoms with E-state index in [1.807, 2.05) is 0 Å². The molecule has 1 atom stereocenters.